The van der Waals surface area contributed by atoms with Gasteiger partial charge in [0.1, 0.15) is 6.10 Å². The molecule has 2 atom stereocenters. The van der Waals surface area contributed by atoms with Crippen molar-refractivity contribution in [2.24, 2.45) is 5.73 Å². The first-order valence-corrected chi connectivity index (χ1v) is 5.39. The van der Waals surface area contributed by atoms with Crippen LogP contribution in [-0.4, -0.2) is 31.2 Å². The average molecular weight is 200 g/mol. The largest absolute Gasteiger partial charge is 0.368 e. The van der Waals surface area contributed by atoms with Gasteiger partial charge in [0.05, 0.1) is 0 Å². The highest BCUT2D eigenvalue weighted by molar-refractivity contribution is 5.80. The molecule has 1 aliphatic heterocycles. The predicted molar refractivity (Wildman–Crippen MR) is 54.9 cm³/mol. The fourth-order valence-corrected chi connectivity index (χ4v) is 1.60. The van der Waals surface area contributed by atoms with Crippen LogP contribution in [0.4, 0.5) is 0 Å². The first kappa shape index (κ1) is 11.5. The summed E-state index contributed by atoms with van der Waals surface area (Å²) in [5.74, 6) is -0.00551. The minimum Gasteiger partial charge on any atom is -0.368 e. The van der Waals surface area contributed by atoms with Gasteiger partial charge in [-0.1, -0.05) is 13.3 Å². The van der Waals surface area contributed by atoms with E-state index in [0.717, 1.165) is 25.7 Å². The van der Waals surface area contributed by atoms with Gasteiger partial charge in [-0.2, -0.15) is 0 Å². The van der Waals surface area contributed by atoms with Crippen LogP contribution < -0.4 is 11.1 Å². The van der Waals surface area contributed by atoms with Gasteiger partial charge < -0.3 is 15.8 Å². The molecule has 3 N–H and O–H groups in total. The molecular weight excluding hydrogens is 180 g/mol. The molecule has 4 heteroatoms. The molecule has 0 saturated carbocycles. The molecule has 1 saturated heterocycles. The van der Waals surface area contributed by atoms with E-state index in [4.69, 9.17) is 10.5 Å². The Balaban J connectivity index is 2.13. The molecule has 14 heavy (non-hydrogen) atoms. The summed E-state index contributed by atoms with van der Waals surface area (Å²) in [4.78, 5) is 11.5. The molecule has 0 spiro atoms. The van der Waals surface area contributed by atoms with Crippen molar-refractivity contribution < 1.29 is 9.53 Å². The van der Waals surface area contributed by atoms with Gasteiger partial charge in [0, 0.05) is 19.2 Å². The zero-order valence-electron chi connectivity index (χ0n) is 8.79. The maximum Gasteiger partial charge on any atom is 0.249 e. The van der Waals surface area contributed by atoms with Crippen molar-refractivity contribution in [1.29, 1.82) is 0 Å². The third kappa shape index (κ3) is 3.64. The molecule has 0 aromatic rings. The smallest absolute Gasteiger partial charge is 0.249 e. The molecule has 1 aliphatic rings. The summed E-state index contributed by atoms with van der Waals surface area (Å²) in [7, 11) is 0. The van der Waals surface area contributed by atoms with Crippen molar-refractivity contribution >= 4 is 5.91 Å². The summed E-state index contributed by atoms with van der Waals surface area (Å²) in [6, 6.07) is 0.0744. The van der Waals surface area contributed by atoms with Crippen LogP contribution in [0.25, 0.3) is 0 Å². The first-order chi connectivity index (χ1) is 6.74. The van der Waals surface area contributed by atoms with Crippen molar-refractivity contribution in [3.63, 3.8) is 0 Å². The molecule has 4 nitrogen and oxygen atoms in total. The monoisotopic (exact) mass is 200 g/mol. The summed E-state index contributed by atoms with van der Waals surface area (Å²) in [5.41, 5.74) is 5.78. The molecule has 0 bridgehead atoms. The number of rotatable bonds is 5. The lowest BCUT2D eigenvalue weighted by molar-refractivity contribution is -0.130. The maximum absolute atomic E-state index is 11.5. The molecule has 1 amide bonds. The Morgan fingerprint density at radius 2 is 2.50 bits per heavy atom. The minimum absolute atomic E-state index is 0.00551. The Morgan fingerprint density at radius 1 is 1.71 bits per heavy atom. The molecule has 0 aromatic heterocycles. The number of nitrogens with one attached hydrogen (secondary N) is 1. The second kappa shape index (κ2) is 5.98. The van der Waals surface area contributed by atoms with Crippen LogP contribution in [0.15, 0.2) is 0 Å². The first-order valence-electron chi connectivity index (χ1n) is 5.39. The fourth-order valence-electron chi connectivity index (χ4n) is 1.60. The van der Waals surface area contributed by atoms with Crippen LogP contribution in [0.5, 0.6) is 0 Å². The Labute approximate surface area is 85.2 Å². The SMILES string of the molecule is CCCC(N)CNC(=O)C1CCCO1. The van der Waals surface area contributed by atoms with Crippen LogP contribution >= 0.6 is 0 Å². The highest BCUT2D eigenvalue weighted by Crippen LogP contribution is 2.11. The average Bonchev–Trinajstić information content (AvgIpc) is 2.67. The van der Waals surface area contributed by atoms with Gasteiger partial charge in [-0.25, -0.2) is 0 Å². The van der Waals surface area contributed by atoms with Crippen molar-refractivity contribution in [1.82, 2.24) is 5.32 Å². The molecule has 1 heterocycles. The summed E-state index contributed by atoms with van der Waals surface area (Å²) in [6.07, 6.45) is 3.60. The third-order valence-corrected chi connectivity index (χ3v) is 2.42. The van der Waals surface area contributed by atoms with Crippen LogP contribution in [0, 0.1) is 0 Å². The van der Waals surface area contributed by atoms with E-state index in [1.165, 1.54) is 0 Å². The molecule has 0 aromatic carbocycles. The standard InChI is InChI=1S/C10H20N2O2/c1-2-4-8(11)7-12-10(13)9-5-3-6-14-9/h8-9H,2-7,11H2,1H3,(H,12,13). The molecule has 82 valence electrons. The number of carbonyl (C=O) groups excluding carboxylic acids is 1. The fraction of sp³-hybridized carbons (Fsp3) is 0.900. The number of hydrogen-bond acceptors (Lipinski definition) is 3. The zero-order valence-corrected chi connectivity index (χ0v) is 8.79. The summed E-state index contributed by atoms with van der Waals surface area (Å²) >= 11 is 0. The van der Waals surface area contributed by atoms with Gasteiger partial charge in [0.15, 0.2) is 0 Å². The van der Waals surface area contributed by atoms with E-state index in [-0.39, 0.29) is 18.1 Å². The Kier molecular flexibility index (Phi) is 4.90. The minimum atomic E-state index is -0.233. The van der Waals surface area contributed by atoms with Crippen LogP contribution in [0.3, 0.4) is 0 Å². The number of hydrogen-bond donors (Lipinski definition) is 2. The maximum atomic E-state index is 11.5. The van der Waals surface area contributed by atoms with E-state index in [1.807, 2.05) is 0 Å². The van der Waals surface area contributed by atoms with Crippen molar-refractivity contribution in [3.05, 3.63) is 0 Å². The lowest BCUT2D eigenvalue weighted by Crippen LogP contribution is -2.41. The molecule has 0 aliphatic carbocycles. The van der Waals surface area contributed by atoms with Crippen LogP contribution in [-0.2, 0) is 9.53 Å². The second-order valence-corrected chi connectivity index (χ2v) is 3.80. The van der Waals surface area contributed by atoms with Crippen LogP contribution in [0.2, 0.25) is 0 Å². The zero-order chi connectivity index (χ0) is 10.4. The van der Waals surface area contributed by atoms with Crippen molar-refractivity contribution in [2.75, 3.05) is 13.2 Å². The van der Waals surface area contributed by atoms with Gasteiger partial charge in [0.2, 0.25) is 5.91 Å². The summed E-state index contributed by atoms with van der Waals surface area (Å²) < 4.78 is 5.25. The molecular formula is C10H20N2O2. The van der Waals surface area contributed by atoms with Gasteiger partial charge >= 0.3 is 0 Å². The number of ether oxygens (including phenoxy) is 1. The molecule has 1 rings (SSSR count). The van der Waals surface area contributed by atoms with Gasteiger partial charge in [0.25, 0.3) is 0 Å². The van der Waals surface area contributed by atoms with Crippen molar-refractivity contribution in [3.8, 4) is 0 Å². The topological polar surface area (TPSA) is 64.3 Å². The van der Waals surface area contributed by atoms with E-state index in [0.29, 0.717) is 13.2 Å². The van der Waals surface area contributed by atoms with Gasteiger partial charge in [-0.05, 0) is 19.3 Å². The highest BCUT2D eigenvalue weighted by atomic mass is 16.5. The van der Waals surface area contributed by atoms with Crippen LogP contribution in [0.1, 0.15) is 32.6 Å². The predicted octanol–water partition coefficient (Wildman–Crippen LogP) is 0.409. The van der Waals surface area contributed by atoms with Gasteiger partial charge in [-0.3, -0.25) is 4.79 Å². The Bertz CT molecular complexity index is 179. The number of carbonyl (C=O) groups is 1. The lowest BCUT2D eigenvalue weighted by atomic mass is 10.1. The summed E-state index contributed by atoms with van der Waals surface area (Å²) in [6.45, 7) is 3.35. The van der Waals surface area contributed by atoms with E-state index < -0.39 is 0 Å². The van der Waals surface area contributed by atoms with E-state index >= 15 is 0 Å². The van der Waals surface area contributed by atoms with Gasteiger partial charge in [-0.15, -0.1) is 0 Å². The molecule has 1 fully saturated rings. The quantitative estimate of drug-likeness (QED) is 0.675. The van der Waals surface area contributed by atoms with Crippen molar-refractivity contribution in [2.45, 2.75) is 44.8 Å². The normalized spacial score (nSPS) is 23.4. The third-order valence-electron chi connectivity index (χ3n) is 2.42. The van der Waals surface area contributed by atoms with E-state index in [2.05, 4.69) is 12.2 Å². The highest BCUT2D eigenvalue weighted by Gasteiger charge is 2.23. The Morgan fingerprint density at radius 3 is 3.07 bits per heavy atom. The second-order valence-electron chi connectivity index (χ2n) is 3.80. The summed E-state index contributed by atoms with van der Waals surface area (Å²) in [5, 5.41) is 2.82. The molecule has 2 unspecified atom stereocenters. The van der Waals surface area contributed by atoms with E-state index in [1.54, 1.807) is 0 Å². The number of amides is 1. The van der Waals surface area contributed by atoms with E-state index in [9.17, 15) is 4.79 Å². The Hall–Kier alpha value is -0.610. The number of nitrogens with two attached hydrogens (primary N) is 1. The molecule has 0 radical (unpaired) electrons. The lowest BCUT2D eigenvalue weighted by Gasteiger charge is -2.14.